The van der Waals surface area contributed by atoms with E-state index in [9.17, 15) is 12.8 Å². The Morgan fingerprint density at radius 2 is 2.10 bits per heavy atom. The van der Waals surface area contributed by atoms with Crippen molar-refractivity contribution in [2.24, 2.45) is 0 Å². The molecule has 1 aromatic carbocycles. The van der Waals surface area contributed by atoms with Crippen molar-refractivity contribution in [3.05, 3.63) is 49.9 Å². The molecule has 0 bridgehead atoms. The molecule has 1 aromatic heterocycles. The van der Waals surface area contributed by atoms with Crippen LogP contribution in [0, 0.1) is 12.7 Å². The first-order valence-electron chi connectivity index (χ1n) is 5.97. The number of aliphatic hydroxyl groups excluding tert-OH is 1. The number of halogens is 2. The van der Waals surface area contributed by atoms with Gasteiger partial charge in [0.15, 0.2) is 0 Å². The monoisotopic (exact) mass is 393 g/mol. The standard InChI is InChI=1S/C13H13BrFNO3S2/c1-8-4-11(5-9(7-17)13(8)15)21(18,19)16-6-10-2-3-12(14)20-10/h2-5,16-17H,6-7H2,1H3. The number of nitrogens with one attached hydrogen (secondary N) is 1. The molecular formula is C13H13BrFNO3S2. The summed E-state index contributed by atoms with van der Waals surface area (Å²) in [6, 6.07) is 6.04. The first kappa shape index (κ1) is 16.6. The number of benzene rings is 1. The Balaban J connectivity index is 2.25. The van der Waals surface area contributed by atoms with E-state index in [2.05, 4.69) is 20.7 Å². The number of thiophene rings is 1. The molecule has 0 spiro atoms. The van der Waals surface area contributed by atoms with Gasteiger partial charge < -0.3 is 5.11 Å². The largest absolute Gasteiger partial charge is 0.392 e. The lowest BCUT2D eigenvalue weighted by molar-refractivity contribution is 0.275. The second kappa shape index (κ2) is 6.53. The van der Waals surface area contributed by atoms with Crippen LogP contribution < -0.4 is 4.72 Å². The van der Waals surface area contributed by atoms with Crippen molar-refractivity contribution in [3.63, 3.8) is 0 Å². The van der Waals surface area contributed by atoms with Gasteiger partial charge in [0.2, 0.25) is 10.0 Å². The Kier molecular flexibility index (Phi) is 5.15. The molecule has 4 nitrogen and oxygen atoms in total. The fourth-order valence-electron chi connectivity index (χ4n) is 1.77. The highest BCUT2D eigenvalue weighted by Crippen LogP contribution is 2.23. The normalized spacial score (nSPS) is 11.8. The number of aryl methyl sites for hydroxylation is 1. The third-order valence-corrected chi connectivity index (χ3v) is 5.85. The summed E-state index contributed by atoms with van der Waals surface area (Å²) < 4.78 is 41.5. The van der Waals surface area contributed by atoms with Gasteiger partial charge in [-0.15, -0.1) is 11.3 Å². The zero-order valence-corrected chi connectivity index (χ0v) is 14.3. The van der Waals surface area contributed by atoms with Crippen LogP contribution in [0.4, 0.5) is 4.39 Å². The second-order valence-electron chi connectivity index (χ2n) is 4.40. The van der Waals surface area contributed by atoms with Crippen molar-refractivity contribution < 1.29 is 17.9 Å². The Morgan fingerprint density at radius 1 is 1.38 bits per heavy atom. The molecule has 0 saturated heterocycles. The van der Waals surface area contributed by atoms with Crippen LogP contribution >= 0.6 is 27.3 Å². The highest BCUT2D eigenvalue weighted by atomic mass is 79.9. The summed E-state index contributed by atoms with van der Waals surface area (Å²) in [6.45, 7) is 1.07. The molecular weight excluding hydrogens is 381 g/mol. The van der Waals surface area contributed by atoms with Crippen molar-refractivity contribution in [1.82, 2.24) is 4.72 Å². The molecule has 0 fully saturated rings. The van der Waals surface area contributed by atoms with Crippen molar-refractivity contribution >= 4 is 37.3 Å². The summed E-state index contributed by atoms with van der Waals surface area (Å²) in [7, 11) is -3.76. The van der Waals surface area contributed by atoms with Gasteiger partial charge in [-0.1, -0.05) is 0 Å². The maximum atomic E-state index is 13.6. The predicted molar refractivity (Wildman–Crippen MR) is 83.1 cm³/mol. The van der Waals surface area contributed by atoms with Crippen LogP contribution in [0.5, 0.6) is 0 Å². The van der Waals surface area contributed by atoms with E-state index in [0.717, 1.165) is 14.7 Å². The summed E-state index contributed by atoms with van der Waals surface area (Å²) >= 11 is 4.73. The second-order valence-corrected chi connectivity index (χ2v) is 8.72. The molecule has 2 rings (SSSR count). The summed E-state index contributed by atoms with van der Waals surface area (Å²) in [6.07, 6.45) is 0. The molecule has 0 unspecified atom stereocenters. The third-order valence-electron chi connectivity index (χ3n) is 2.85. The molecule has 0 amide bonds. The van der Waals surface area contributed by atoms with Gasteiger partial charge in [-0.2, -0.15) is 0 Å². The van der Waals surface area contributed by atoms with Crippen molar-refractivity contribution in [1.29, 1.82) is 0 Å². The van der Waals surface area contributed by atoms with Gasteiger partial charge in [0.1, 0.15) is 5.82 Å². The van der Waals surface area contributed by atoms with Crippen molar-refractivity contribution in [2.75, 3.05) is 0 Å². The minimum atomic E-state index is -3.76. The first-order valence-corrected chi connectivity index (χ1v) is 9.06. The minimum Gasteiger partial charge on any atom is -0.392 e. The summed E-state index contributed by atoms with van der Waals surface area (Å²) in [5.74, 6) is -0.585. The molecule has 0 aliphatic heterocycles. The summed E-state index contributed by atoms with van der Waals surface area (Å²) in [4.78, 5) is 0.799. The number of hydrogen-bond acceptors (Lipinski definition) is 4. The molecule has 2 aromatic rings. The van der Waals surface area contributed by atoms with Crippen LogP contribution in [0.1, 0.15) is 16.0 Å². The molecule has 0 radical (unpaired) electrons. The SMILES string of the molecule is Cc1cc(S(=O)(=O)NCc2ccc(Br)s2)cc(CO)c1F. The maximum absolute atomic E-state index is 13.6. The highest BCUT2D eigenvalue weighted by Gasteiger charge is 2.18. The van der Waals surface area contributed by atoms with E-state index in [4.69, 9.17) is 5.11 Å². The lowest BCUT2D eigenvalue weighted by Crippen LogP contribution is -2.23. The van der Waals surface area contributed by atoms with Crippen LogP contribution in [0.2, 0.25) is 0 Å². The fourth-order valence-corrected chi connectivity index (χ4v) is 4.43. The van der Waals surface area contributed by atoms with E-state index >= 15 is 0 Å². The van der Waals surface area contributed by atoms with Crippen LogP contribution in [0.3, 0.4) is 0 Å². The lowest BCUT2D eigenvalue weighted by atomic mass is 10.1. The van der Waals surface area contributed by atoms with Gasteiger partial charge in [-0.3, -0.25) is 0 Å². The number of sulfonamides is 1. The van der Waals surface area contributed by atoms with Gasteiger partial charge in [-0.05, 0) is 52.7 Å². The molecule has 21 heavy (non-hydrogen) atoms. The van der Waals surface area contributed by atoms with E-state index in [-0.39, 0.29) is 22.6 Å². The van der Waals surface area contributed by atoms with Crippen LogP contribution in [-0.4, -0.2) is 13.5 Å². The number of rotatable bonds is 5. The third kappa shape index (κ3) is 3.89. The predicted octanol–water partition coefficient (Wildman–Crippen LogP) is 2.93. The summed E-state index contributed by atoms with van der Waals surface area (Å²) in [5, 5.41) is 9.08. The topological polar surface area (TPSA) is 66.4 Å². The zero-order valence-electron chi connectivity index (χ0n) is 11.1. The molecule has 0 saturated carbocycles. The molecule has 0 atom stereocenters. The lowest BCUT2D eigenvalue weighted by Gasteiger charge is -2.10. The molecule has 1 heterocycles. The minimum absolute atomic E-state index is 0.0331. The number of hydrogen-bond donors (Lipinski definition) is 2. The van der Waals surface area contributed by atoms with Gasteiger partial charge >= 0.3 is 0 Å². The Bertz CT molecular complexity index is 759. The Labute approximate surface area is 134 Å². The van der Waals surface area contributed by atoms with Gasteiger partial charge in [0, 0.05) is 17.0 Å². The van der Waals surface area contributed by atoms with Crippen molar-refractivity contribution in [3.8, 4) is 0 Å². The highest BCUT2D eigenvalue weighted by molar-refractivity contribution is 9.11. The molecule has 0 aliphatic rings. The average Bonchev–Trinajstić information content (AvgIpc) is 2.85. The summed E-state index contributed by atoms with van der Waals surface area (Å²) in [5.41, 5.74) is 0.148. The van der Waals surface area contributed by atoms with Crippen LogP contribution in [-0.2, 0) is 23.2 Å². The number of aliphatic hydroxyl groups is 1. The Morgan fingerprint density at radius 3 is 2.67 bits per heavy atom. The Hall–Kier alpha value is -0.800. The molecule has 114 valence electrons. The van der Waals surface area contributed by atoms with E-state index in [1.165, 1.54) is 24.3 Å². The van der Waals surface area contributed by atoms with Crippen LogP contribution in [0.15, 0.2) is 32.9 Å². The van der Waals surface area contributed by atoms with E-state index in [1.54, 1.807) is 0 Å². The van der Waals surface area contributed by atoms with Crippen LogP contribution in [0.25, 0.3) is 0 Å². The van der Waals surface area contributed by atoms with Gasteiger partial charge in [0.25, 0.3) is 0 Å². The fraction of sp³-hybridized carbons (Fsp3) is 0.231. The smallest absolute Gasteiger partial charge is 0.240 e. The zero-order chi connectivity index (χ0) is 15.6. The van der Waals surface area contributed by atoms with E-state index in [0.29, 0.717) is 0 Å². The van der Waals surface area contributed by atoms with Gasteiger partial charge in [0.05, 0.1) is 15.3 Å². The van der Waals surface area contributed by atoms with E-state index in [1.807, 2.05) is 12.1 Å². The van der Waals surface area contributed by atoms with E-state index < -0.39 is 22.4 Å². The first-order chi connectivity index (χ1) is 9.83. The molecule has 2 N–H and O–H groups in total. The van der Waals surface area contributed by atoms with Crippen molar-refractivity contribution in [2.45, 2.75) is 25.0 Å². The average molecular weight is 394 g/mol. The van der Waals surface area contributed by atoms with Gasteiger partial charge in [-0.25, -0.2) is 17.5 Å². The maximum Gasteiger partial charge on any atom is 0.240 e. The quantitative estimate of drug-likeness (QED) is 0.820. The molecule has 8 heteroatoms. The molecule has 0 aliphatic carbocycles.